The fourth-order valence-electron chi connectivity index (χ4n) is 8.30. The Bertz CT molecular complexity index is 1860. The highest BCUT2D eigenvalue weighted by Gasteiger charge is 2.42. The zero-order chi connectivity index (χ0) is 39.4. The molecule has 55 heavy (non-hydrogen) atoms. The number of hydrogen-bond donors (Lipinski definition) is 1. The Balaban J connectivity index is 1.14. The predicted molar refractivity (Wildman–Crippen MR) is 215 cm³/mol. The number of nitrogens with one attached hydrogen (secondary N) is 1. The number of alkyl carbamates (subject to hydrolysis) is 1. The lowest BCUT2D eigenvalue weighted by Gasteiger charge is -2.45. The van der Waals surface area contributed by atoms with Crippen molar-refractivity contribution >= 4 is 47.0 Å². The summed E-state index contributed by atoms with van der Waals surface area (Å²) in [5.74, 6) is -0.164. The summed E-state index contributed by atoms with van der Waals surface area (Å²) in [5.41, 5.74) is 3.77. The smallest absolute Gasteiger partial charge is 0.408 e. The molecule has 4 amide bonds. The molecule has 3 aromatic rings. The molecule has 4 saturated heterocycles. The quantitative estimate of drug-likeness (QED) is 0.246. The molecule has 0 aromatic heterocycles. The first kappa shape index (κ1) is 40.5. The Hall–Kier alpha value is -4.12. The number of aryl methyl sites for hydroxylation is 2. The van der Waals surface area contributed by atoms with Crippen LogP contribution in [-0.2, 0) is 20.7 Å². The molecule has 1 N–H and O–H groups in total. The SMILES string of the molecule is Cc1cc(C)cc(C(=O)N2CCN(C(=O)CCN3CC4CCCC3CN4C(=O)C(Cc3ccccc3)NC(=O)OC(C)(C)C)C(c3ccc(Cl)c(Cl)c3)C2)c1. The number of carbonyl (C=O) groups excluding carboxylic acids is 4. The zero-order valence-corrected chi connectivity index (χ0v) is 34.0. The van der Waals surface area contributed by atoms with Crippen LogP contribution in [0.15, 0.2) is 66.7 Å². The van der Waals surface area contributed by atoms with Crippen molar-refractivity contribution in [2.45, 2.75) is 96.5 Å². The van der Waals surface area contributed by atoms with E-state index < -0.39 is 23.8 Å². The van der Waals surface area contributed by atoms with Crippen molar-refractivity contribution in [1.29, 1.82) is 0 Å². The Labute approximate surface area is 335 Å². The molecule has 0 radical (unpaired) electrons. The summed E-state index contributed by atoms with van der Waals surface area (Å²) in [5, 5.41) is 3.71. The number of piperazine rings is 2. The number of ether oxygens (including phenoxy) is 1. The number of carbonyl (C=O) groups is 4. The number of amides is 4. The number of rotatable bonds is 9. The van der Waals surface area contributed by atoms with Crippen molar-refractivity contribution in [1.82, 2.24) is 24.9 Å². The third-order valence-corrected chi connectivity index (χ3v) is 11.6. The monoisotopic (exact) mass is 789 g/mol. The van der Waals surface area contributed by atoms with Gasteiger partial charge in [-0.1, -0.05) is 76.8 Å². The van der Waals surface area contributed by atoms with E-state index in [1.807, 2.05) is 83.1 Å². The van der Waals surface area contributed by atoms with Crippen LogP contribution in [0.1, 0.15) is 85.1 Å². The molecule has 4 fully saturated rings. The van der Waals surface area contributed by atoms with Crippen LogP contribution in [0.25, 0.3) is 0 Å². The fourth-order valence-corrected chi connectivity index (χ4v) is 8.60. The van der Waals surface area contributed by atoms with Crippen LogP contribution >= 0.6 is 23.2 Å². The van der Waals surface area contributed by atoms with E-state index in [2.05, 4.69) is 10.2 Å². The fraction of sp³-hybridized carbons (Fsp3) is 0.488. The van der Waals surface area contributed by atoms with Gasteiger partial charge in [0.25, 0.3) is 5.91 Å². The molecule has 4 unspecified atom stereocenters. The van der Waals surface area contributed by atoms with E-state index >= 15 is 0 Å². The van der Waals surface area contributed by atoms with E-state index in [0.29, 0.717) is 67.7 Å². The van der Waals surface area contributed by atoms with Crippen LogP contribution in [0.4, 0.5) is 4.79 Å². The van der Waals surface area contributed by atoms with Crippen LogP contribution in [0.2, 0.25) is 10.0 Å². The van der Waals surface area contributed by atoms with Gasteiger partial charge >= 0.3 is 6.09 Å². The first-order chi connectivity index (χ1) is 26.1. The lowest BCUT2D eigenvalue weighted by Crippen LogP contribution is -2.62. The molecule has 0 spiro atoms. The maximum Gasteiger partial charge on any atom is 0.408 e. The minimum absolute atomic E-state index is 0.00658. The van der Waals surface area contributed by atoms with Crippen molar-refractivity contribution in [2.75, 3.05) is 39.3 Å². The Kier molecular flexibility index (Phi) is 12.8. The molecule has 10 nitrogen and oxygen atoms in total. The summed E-state index contributed by atoms with van der Waals surface area (Å²) in [7, 11) is 0. The summed E-state index contributed by atoms with van der Waals surface area (Å²) in [4.78, 5) is 63.1. The van der Waals surface area contributed by atoms with Crippen LogP contribution in [-0.4, -0.2) is 106 Å². The topological polar surface area (TPSA) is 103 Å². The molecular weight excluding hydrogens is 737 g/mol. The second-order valence-electron chi connectivity index (χ2n) is 16.3. The molecule has 7 rings (SSSR count). The van der Waals surface area contributed by atoms with Gasteiger partial charge in [-0.15, -0.1) is 0 Å². The second kappa shape index (κ2) is 17.3. The van der Waals surface area contributed by atoms with Gasteiger partial charge in [0.05, 0.1) is 16.1 Å². The lowest BCUT2D eigenvalue weighted by atomic mass is 10.00. The van der Waals surface area contributed by atoms with E-state index in [1.54, 1.807) is 32.9 Å². The van der Waals surface area contributed by atoms with Gasteiger partial charge in [-0.3, -0.25) is 19.3 Å². The Morgan fingerprint density at radius 3 is 2.24 bits per heavy atom. The molecule has 0 saturated carbocycles. The molecule has 0 aliphatic carbocycles. The van der Waals surface area contributed by atoms with Gasteiger partial charge in [0.2, 0.25) is 11.8 Å². The van der Waals surface area contributed by atoms with Crippen molar-refractivity contribution < 1.29 is 23.9 Å². The van der Waals surface area contributed by atoms with Gasteiger partial charge in [0.1, 0.15) is 11.6 Å². The summed E-state index contributed by atoms with van der Waals surface area (Å²) in [6, 6.07) is 19.9. The van der Waals surface area contributed by atoms with Crippen molar-refractivity contribution in [2.24, 2.45) is 0 Å². The predicted octanol–water partition coefficient (Wildman–Crippen LogP) is 7.23. The molecule has 294 valence electrons. The zero-order valence-electron chi connectivity index (χ0n) is 32.5. The van der Waals surface area contributed by atoms with Crippen LogP contribution in [0.3, 0.4) is 0 Å². The molecule has 2 bridgehead atoms. The summed E-state index contributed by atoms with van der Waals surface area (Å²) in [6.45, 7) is 12.3. The molecule has 3 aromatic carbocycles. The molecule has 4 heterocycles. The van der Waals surface area contributed by atoms with Gasteiger partial charge in [-0.25, -0.2) is 4.79 Å². The van der Waals surface area contributed by atoms with Crippen molar-refractivity contribution in [3.8, 4) is 0 Å². The third kappa shape index (κ3) is 10.2. The minimum atomic E-state index is -0.773. The largest absolute Gasteiger partial charge is 0.444 e. The summed E-state index contributed by atoms with van der Waals surface area (Å²) in [6.07, 6.45) is 2.79. The van der Waals surface area contributed by atoms with Crippen LogP contribution in [0, 0.1) is 13.8 Å². The van der Waals surface area contributed by atoms with Gasteiger partial charge in [-0.05, 0) is 89.3 Å². The van der Waals surface area contributed by atoms with Crippen molar-refractivity contribution in [3.63, 3.8) is 0 Å². The number of nitrogens with zero attached hydrogens (tertiary/aromatic N) is 4. The standard InChI is InChI=1S/C43H53Cl2N5O5/c1-28-20-29(2)22-32(21-28)40(52)48-18-19-49(38(27-48)31-14-15-35(44)36(45)24-31)39(51)16-17-47-25-34-13-9-12-33(47)26-50(34)41(53)37(23-30-10-7-6-8-11-30)46-42(54)55-43(3,4)5/h6-8,10-11,14-15,20-22,24,33-34,37-38H,9,12-13,16-19,23,25-27H2,1-5H3,(H,46,54). The molecule has 4 aliphatic heterocycles. The number of hydrogen-bond acceptors (Lipinski definition) is 6. The normalized spacial score (nSPS) is 20.9. The molecule has 12 heteroatoms. The Morgan fingerprint density at radius 1 is 0.836 bits per heavy atom. The van der Waals surface area contributed by atoms with E-state index in [4.69, 9.17) is 27.9 Å². The second-order valence-corrected chi connectivity index (χ2v) is 17.1. The van der Waals surface area contributed by atoms with E-state index in [-0.39, 0.29) is 29.8 Å². The average molecular weight is 791 g/mol. The highest BCUT2D eigenvalue weighted by atomic mass is 35.5. The van der Waals surface area contributed by atoms with E-state index in [1.165, 1.54) is 0 Å². The Morgan fingerprint density at radius 2 is 1.55 bits per heavy atom. The average Bonchev–Trinajstić information content (AvgIpc) is 3.47. The first-order valence-corrected chi connectivity index (χ1v) is 20.1. The van der Waals surface area contributed by atoms with E-state index in [9.17, 15) is 19.2 Å². The van der Waals surface area contributed by atoms with E-state index in [0.717, 1.165) is 41.5 Å². The minimum Gasteiger partial charge on any atom is -0.444 e. The maximum atomic E-state index is 14.3. The van der Waals surface area contributed by atoms with Gasteiger partial charge in [-0.2, -0.15) is 0 Å². The van der Waals surface area contributed by atoms with Crippen LogP contribution in [0.5, 0.6) is 0 Å². The number of halogens is 2. The van der Waals surface area contributed by atoms with Crippen molar-refractivity contribution in [3.05, 3.63) is 105 Å². The molecule has 4 aliphatic rings. The van der Waals surface area contributed by atoms with Crippen LogP contribution < -0.4 is 5.32 Å². The first-order valence-electron chi connectivity index (χ1n) is 19.3. The number of fused-ring (bicyclic) bond motifs is 4. The molecule has 4 atom stereocenters. The lowest BCUT2D eigenvalue weighted by molar-refractivity contribution is -0.141. The third-order valence-electron chi connectivity index (χ3n) is 10.8. The molecular formula is C43H53Cl2N5O5. The summed E-state index contributed by atoms with van der Waals surface area (Å²) >= 11 is 12.8. The van der Waals surface area contributed by atoms with Gasteiger partial charge in [0, 0.05) is 69.8 Å². The summed E-state index contributed by atoms with van der Waals surface area (Å²) < 4.78 is 5.55. The highest BCUT2D eigenvalue weighted by Crippen LogP contribution is 2.33. The maximum absolute atomic E-state index is 14.3. The number of benzene rings is 3. The highest BCUT2D eigenvalue weighted by molar-refractivity contribution is 6.42. The van der Waals surface area contributed by atoms with Gasteiger partial charge in [0.15, 0.2) is 0 Å². The van der Waals surface area contributed by atoms with Gasteiger partial charge < -0.3 is 24.8 Å².